The first kappa shape index (κ1) is 17.0. The van der Waals surface area contributed by atoms with E-state index in [2.05, 4.69) is 25.2 Å². The van der Waals surface area contributed by atoms with Crippen LogP contribution in [0.25, 0.3) is 0 Å². The Kier molecular flexibility index (Phi) is 9.09. The molecule has 1 N–H and O–H groups in total. The van der Waals surface area contributed by atoms with Crippen molar-refractivity contribution >= 4 is 0 Å². The molecule has 0 bridgehead atoms. The average Bonchev–Trinajstić information content (AvgIpc) is 2.45. The molecule has 0 fully saturated rings. The summed E-state index contributed by atoms with van der Waals surface area (Å²) in [6.45, 7) is 7.02. The summed E-state index contributed by atoms with van der Waals surface area (Å²) in [6, 6.07) is 8.65. The molecule has 0 saturated heterocycles. The molecule has 1 aromatic rings. The molecule has 0 unspecified atom stereocenters. The van der Waals surface area contributed by atoms with Gasteiger partial charge in [0.15, 0.2) is 0 Å². The van der Waals surface area contributed by atoms with E-state index >= 15 is 0 Å². The molecule has 0 radical (unpaired) electrons. The van der Waals surface area contributed by atoms with Crippen molar-refractivity contribution in [3.05, 3.63) is 29.8 Å². The Morgan fingerprint density at radius 1 is 1.10 bits per heavy atom. The molecule has 0 aliphatic rings. The Hall–Kier alpha value is -1.06. The predicted molar refractivity (Wildman–Crippen MR) is 84.3 cm³/mol. The summed E-state index contributed by atoms with van der Waals surface area (Å²) in [4.78, 5) is 0. The van der Waals surface area contributed by atoms with E-state index < -0.39 is 0 Å². The molecule has 20 heavy (non-hydrogen) atoms. The number of hydrogen-bond acceptors (Lipinski definition) is 3. The molecule has 1 rings (SSSR count). The highest BCUT2D eigenvalue weighted by Gasteiger charge is 1.97. The second-order valence-electron chi connectivity index (χ2n) is 5.43. The van der Waals surface area contributed by atoms with Crippen LogP contribution in [0.3, 0.4) is 0 Å². The largest absolute Gasteiger partial charge is 0.497 e. The van der Waals surface area contributed by atoms with Gasteiger partial charge in [0, 0.05) is 12.6 Å². The SMILES string of the molecule is COc1cccc(COCCCCCCNC(C)C)c1. The fourth-order valence-corrected chi connectivity index (χ4v) is 2.03. The molecule has 3 nitrogen and oxygen atoms in total. The van der Waals surface area contributed by atoms with Crippen molar-refractivity contribution in [2.45, 2.75) is 52.2 Å². The van der Waals surface area contributed by atoms with Crippen LogP contribution in [-0.2, 0) is 11.3 Å². The summed E-state index contributed by atoms with van der Waals surface area (Å²) < 4.78 is 10.9. The number of methoxy groups -OCH3 is 1. The number of hydrogen-bond donors (Lipinski definition) is 1. The van der Waals surface area contributed by atoms with E-state index in [1.54, 1.807) is 7.11 Å². The Morgan fingerprint density at radius 2 is 1.90 bits per heavy atom. The van der Waals surface area contributed by atoms with Crippen molar-refractivity contribution < 1.29 is 9.47 Å². The van der Waals surface area contributed by atoms with Crippen LogP contribution < -0.4 is 10.1 Å². The number of ether oxygens (including phenoxy) is 2. The lowest BCUT2D eigenvalue weighted by Gasteiger charge is -2.08. The fourth-order valence-electron chi connectivity index (χ4n) is 2.03. The summed E-state index contributed by atoms with van der Waals surface area (Å²) in [7, 11) is 1.69. The molecule has 1 aromatic carbocycles. The lowest BCUT2D eigenvalue weighted by Crippen LogP contribution is -2.23. The van der Waals surface area contributed by atoms with Gasteiger partial charge >= 0.3 is 0 Å². The van der Waals surface area contributed by atoms with E-state index in [0.717, 1.165) is 25.3 Å². The van der Waals surface area contributed by atoms with Gasteiger partial charge in [-0.05, 0) is 37.1 Å². The lowest BCUT2D eigenvalue weighted by molar-refractivity contribution is 0.116. The van der Waals surface area contributed by atoms with Crippen LogP contribution >= 0.6 is 0 Å². The van der Waals surface area contributed by atoms with Crippen molar-refractivity contribution in [1.82, 2.24) is 5.32 Å². The Labute approximate surface area is 123 Å². The lowest BCUT2D eigenvalue weighted by atomic mass is 10.2. The number of rotatable bonds is 11. The van der Waals surface area contributed by atoms with Gasteiger partial charge in [0.25, 0.3) is 0 Å². The fraction of sp³-hybridized carbons (Fsp3) is 0.647. The van der Waals surface area contributed by atoms with Crippen molar-refractivity contribution in [1.29, 1.82) is 0 Å². The van der Waals surface area contributed by atoms with Gasteiger partial charge in [0.05, 0.1) is 13.7 Å². The van der Waals surface area contributed by atoms with Gasteiger partial charge < -0.3 is 14.8 Å². The smallest absolute Gasteiger partial charge is 0.119 e. The molecule has 3 heteroatoms. The molecule has 114 valence electrons. The van der Waals surface area contributed by atoms with Crippen molar-refractivity contribution in [3.63, 3.8) is 0 Å². The Morgan fingerprint density at radius 3 is 2.65 bits per heavy atom. The van der Waals surface area contributed by atoms with E-state index in [1.807, 2.05) is 18.2 Å². The maximum atomic E-state index is 5.69. The third kappa shape index (κ3) is 8.18. The van der Waals surface area contributed by atoms with Crippen LogP contribution in [0.15, 0.2) is 24.3 Å². The van der Waals surface area contributed by atoms with E-state index in [-0.39, 0.29) is 0 Å². The molecule has 0 spiro atoms. The molecule has 0 amide bonds. The highest BCUT2D eigenvalue weighted by molar-refractivity contribution is 5.27. The molecule has 0 aliphatic heterocycles. The molecule has 0 aliphatic carbocycles. The Balaban J connectivity index is 1.96. The first-order valence-electron chi connectivity index (χ1n) is 7.66. The summed E-state index contributed by atoms with van der Waals surface area (Å²) in [6.07, 6.45) is 4.93. The third-order valence-electron chi connectivity index (χ3n) is 3.17. The molecular formula is C17H29NO2. The van der Waals surface area contributed by atoms with Gasteiger partial charge in [-0.3, -0.25) is 0 Å². The van der Waals surface area contributed by atoms with Crippen LogP contribution in [0.1, 0.15) is 45.1 Å². The van der Waals surface area contributed by atoms with Crippen molar-refractivity contribution in [2.75, 3.05) is 20.3 Å². The first-order valence-corrected chi connectivity index (χ1v) is 7.66. The third-order valence-corrected chi connectivity index (χ3v) is 3.17. The standard InChI is InChI=1S/C17H29NO2/c1-15(2)18-11-6-4-5-7-12-20-14-16-9-8-10-17(13-16)19-3/h8-10,13,15,18H,4-7,11-12,14H2,1-3H3. The zero-order chi connectivity index (χ0) is 14.6. The van der Waals surface area contributed by atoms with Gasteiger partial charge in [-0.15, -0.1) is 0 Å². The maximum Gasteiger partial charge on any atom is 0.119 e. The second kappa shape index (κ2) is 10.7. The topological polar surface area (TPSA) is 30.5 Å². The van der Waals surface area contributed by atoms with Crippen molar-refractivity contribution in [3.8, 4) is 5.75 Å². The summed E-state index contributed by atoms with van der Waals surface area (Å²) in [5.41, 5.74) is 1.17. The minimum atomic E-state index is 0.598. The molecular weight excluding hydrogens is 250 g/mol. The van der Waals surface area contributed by atoms with Crippen LogP contribution in [0.2, 0.25) is 0 Å². The van der Waals surface area contributed by atoms with Gasteiger partial charge in [-0.1, -0.05) is 38.8 Å². The van der Waals surface area contributed by atoms with E-state index in [1.165, 1.54) is 24.8 Å². The molecule has 0 aromatic heterocycles. The summed E-state index contributed by atoms with van der Waals surface area (Å²) in [5.74, 6) is 0.892. The zero-order valence-electron chi connectivity index (χ0n) is 13.2. The molecule has 0 saturated carbocycles. The Bertz CT molecular complexity index is 353. The predicted octanol–water partition coefficient (Wildman–Crippen LogP) is 3.77. The quantitative estimate of drug-likeness (QED) is 0.625. The van der Waals surface area contributed by atoms with Crippen LogP contribution in [-0.4, -0.2) is 26.3 Å². The van der Waals surface area contributed by atoms with E-state index in [4.69, 9.17) is 9.47 Å². The minimum Gasteiger partial charge on any atom is -0.497 e. The van der Waals surface area contributed by atoms with E-state index in [0.29, 0.717) is 12.6 Å². The monoisotopic (exact) mass is 279 g/mol. The van der Waals surface area contributed by atoms with Gasteiger partial charge in [0.2, 0.25) is 0 Å². The first-order chi connectivity index (χ1) is 9.72. The second-order valence-corrected chi connectivity index (χ2v) is 5.43. The van der Waals surface area contributed by atoms with Gasteiger partial charge in [-0.25, -0.2) is 0 Å². The van der Waals surface area contributed by atoms with Crippen LogP contribution in [0, 0.1) is 0 Å². The van der Waals surface area contributed by atoms with Crippen molar-refractivity contribution in [2.24, 2.45) is 0 Å². The number of unbranched alkanes of at least 4 members (excludes halogenated alkanes) is 3. The summed E-state index contributed by atoms with van der Waals surface area (Å²) in [5, 5.41) is 3.44. The molecule has 0 atom stereocenters. The zero-order valence-corrected chi connectivity index (χ0v) is 13.2. The molecule has 0 heterocycles. The van der Waals surface area contributed by atoms with Gasteiger partial charge in [0.1, 0.15) is 5.75 Å². The normalized spacial score (nSPS) is 11.0. The van der Waals surface area contributed by atoms with Gasteiger partial charge in [-0.2, -0.15) is 0 Å². The maximum absolute atomic E-state index is 5.69. The van der Waals surface area contributed by atoms with E-state index in [9.17, 15) is 0 Å². The highest BCUT2D eigenvalue weighted by Crippen LogP contribution is 2.13. The summed E-state index contributed by atoms with van der Waals surface area (Å²) >= 11 is 0. The highest BCUT2D eigenvalue weighted by atomic mass is 16.5. The van der Waals surface area contributed by atoms with Crippen LogP contribution in [0.4, 0.5) is 0 Å². The minimum absolute atomic E-state index is 0.598. The average molecular weight is 279 g/mol. The number of benzene rings is 1. The van der Waals surface area contributed by atoms with Crippen LogP contribution in [0.5, 0.6) is 5.75 Å². The number of nitrogens with one attached hydrogen (secondary N) is 1.